The van der Waals surface area contributed by atoms with Crippen molar-refractivity contribution in [1.82, 2.24) is 4.98 Å². The molecule has 4 heteroatoms. The predicted molar refractivity (Wildman–Crippen MR) is 73.1 cm³/mol. The maximum atomic E-state index is 5.62. The predicted octanol–water partition coefficient (Wildman–Crippen LogP) is 2.42. The van der Waals surface area contributed by atoms with Crippen LogP contribution in [-0.4, -0.2) is 12.1 Å². The summed E-state index contributed by atoms with van der Waals surface area (Å²) >= 11 is 0. The van der Waals surface area contributed by atoms with Gasteiger partial charge in [0.1, 0.15) is 11.6 Å². The van der Waals surface area contributed by atoms with Crippen molar-refractivity contribution in [1.29, 1.82) is 0 Å². The van der Waals surface area contributed by atoms with E-state index in [9.17, 15) is 0 Å². The molecule has 0 saturated heterocycles. The van der Waals surface area contributed by atoms with Gasteiger partial charge in [0.2, 0.25) is 0 Å². The van der Waals surface area contributed by atoms with Crippen molar-refractivity contribution in [2.45, 2.75) is 13.2 Å². The number of nitrogen functional groups attached to an aromatic ring is 1. The molecule has 2 aromatic rings. The molecule has 0 aliphatic heterocycles. The number of anilines is 2. The van der Waals surface area contributed by atoms with Crippen molar-refractivity contribution in [2.24, 2.45) is 0 Å². The maximum Gasteiger partial charge on any atom is 0.128 e. The lowest BCUT2D eigenvalue weighted by Crippen LogP contribution is -2.03. The van der Waals surface area contributed by atoms with Crippen LogP contribution in [0.15, 0.2) is 42.5 Å². The highest BCUT2D eigenvalue weighted by molar-refractivity contribution is 5.42. The van der Waals surface area contributed by atoms with E-state index >= 15 is 0 Å². The Morgan fingerprint density at radius 1 is 1.17 bits per heavy atom. The average Bonchev–Trinajstić information content (AvgIpc) is 2.37. The van der Waals surface area contributed by atoms with Crippen LogP contribution < -0.4 is 11.1 Å². The van der Waals surface area contributed by atoms with Crippen LogP contribution in [0.25, 0.3) is 0 Å². The third kappa shape index (κ3) is 3.46. The van der Waals surface area contributed by atoms with Gasteiger partial charge in [-0.15, -0.1) is 0 Å². The molecule has 0 saturated carbocycles. The van der Waals surface area contributed by atoms with Crippen molar-refractivity contribution in [2.75, 3.05) is 18.2 Å². The second kappa shape index (κ2) is 6.02. The molecule has 1 aromatic carbocycles. The first kappa shape index (κ1) is 12.4. The minimum absolute atomic E-state index is 0.521. The van der Waals surface area contributed by atoms with Crippen molar-refractivity contribution in [3.8, 4) is 0 Å². The van der Waals surface area contributed by atoms with Crippen molar-refractivity contribution in [3.63, 3.8) is 0 Å². The van der Waals surface area contributed by atoms with Crippen LogP contribution >= 0.6 is 0 Å². The molecular weight excluding hydrogens is 226 g/mol. The second-order valence-electron chi connectivity index (χ2n) is 4.05. The van der Waals surface area contributed by atoms with Gasteiger partial charge < -0.3 is 15.8 Å². The summed E-state index contributed by atoms with van der Waals surface area (Å²) in [5, 5.41) is 3.24. The molecule has 4 nitrogen and oxygen atoms in total. The van der Waals surface area contributed by atoms with E-state index in [0.29, 0.717) is 19.0 Å². The van der Waals surface area contributed by atoms with E-state index in [4.69, 9.17) is 10.5 Å². The Morgan fingerprint density at radius 3 is 2.72 bits per heavy atom. The maximum absolute atomic E-state index is 5.62. The Labute approximate surface area is 107 Å². The number of benzene rings is 1. The van der Waals surface area contributed by atoms with Gasteiger partial charge in [0.25, 0.3) is 0 Å². The molecule has 3 N–H and O–H groups in total. The number of methoxy groups -OCH3 is 1. The van der Waals surface area contributed by atoms with E-state index in [1.54, 1.807) is 13.2 Å². The normalized spacial score (nSPS) is 10.3. The topological polar surface area (TPSA) is 60.2 Å². The first-order valence-electron chi connectivity index (χ1n) is 5.81. The van der Waals surface area contributed by atoms with E-state index in [1.807, 2.05) is 24.3 Å². The Balaban J connectivity index is 1.99. The summed E-state index contributed by atoms with van der Waals surface area (Å²) in [6.45, 7) is 1.35. The van der Waals surface area contributed by atoms with Crippen molar-refractivity contribution < 1.29 is 4.74 Å². The van der Waals surface area contributed by atoms with Gasteiger partial charge in [0, 0.05) is 13.7 Å². The SMILES string of the molecule is COCc1cccc(CNc2cccc(N)n2)c1. The Bertz CT molecular complexity index is 514. The number of hydrogen-bond acceptors (Lipinski definition) is 4. The molecule has 0 unspecified atom stereocenters. The quantitative estimate of drug-likeness (QED) is 0.846. The number of rotatable bonds is 5. The monoisotopic (exact) mass is 243 g/mol. The fraction of sp³-hybridized carbons (Fsp3) is 0.214. The third-order valence-corrected chi connectivity index (χ3v) is 2.55. The molecule has 1 heterocycles. The van der Waals surface area contributed by atoms with Crippen LogP contribution in [-0.2, 0) is 17.9 Å². The highest BCUT2D eigenvalue weighted by atomic mass is 16.5. The van der Waals surface area contributed by atoms with E-state index in [2.05, 4.69) is 22.4 Å². The molecule has 0 fully saturated rings. The Kier molecular flexibility index (Phi) is 4.15. The van der Waals surface area contributed by atoms with E-state index in [1.165, 1.54) is 5.56 Å². The zero-order valence-electron chi connectivity index (χ0n) is 10.4. The molecule has 0 radical (unpaired) electrons. The summed E-state index contributed by atoms with van der Waals surface area (Å²) in [7, 11) is 1.70. The Morgan fingerprint density at radius 2 is 1.94 bits per heavy atom. The molecule has 94 valence electrons. The number of nitrogens with two attached hydrogens (primary N) is 1. The molecule has 0 atom stereocenters. The minimum Gasteiger partial charge on any atom is -0.384 e. The van der Waals surface area contributed by atoms with Crippen LogP contribution in [0, 0.1) is 0 Å². The summed E-state index contributed by atoms with van der Waals surface area (Å²) in [5.74, 6) is 1.31. The molecule has 2 rings (SSSR count). The van der Waals surface area contributed by atoms with Gasteiger partial charge in [-0.3, -0.25) is 0 Å². The van der Waals surface area contributed by atoms with Crippen LogP contribution in [0.4, 0.5) is 11.6 Å². The first-order valence-corrected chi connectivity index (χ1v) is 5.81. The van der Waals surface area contributed by atoms with Gasteiger partial charge in [-0.05, 0) is 23.3 Å². The lowest BCUT2D eigenvalue weighted by Gasteiger charge is -2.07. The van der Waals surface area contributed by atoms with Gasteiger partial charge >= 0.3 is 0 Å². The lowest BCUT2D eigenvalue weighted by atomic mass is 10.1. The van der Waals surface area contributed by atoms with Crippen LogP contribution in [0.5, 0.6) is 0 Å². The molecule has 0 aliphatic rings. The lowest BCUT2D eigenvalue weighted by molar-refractivity contribution is 0.185. The molecule has 0 aliphatic carbocycles. The molecule has 0 amide bonds. The molecular formula is C14H17N3O. The number of nitrogens with one attached hydrogen (secondary N) is 1. The third-order valence-electron chi connectivity index (χ3n) is 2.55. The number of pyridine rings is 1. The number of hydrogen-bond donors (Lipinski definition) is 2. The average molecular weight is 243 g/mol. The zero-order chi connectivity index (χ0) is 12.8. The summed E-state index contributed by atoms with van der Waals surface area (Å²) in [5.41, 5.74) is 7.98. The van der Waals surface area contributed by atoms with Gasteiger partial charge in [0.15, 0.2) is 0 Å². The van der Waals surface area contributed by atoms with Gasteiger partial charge in [0.05, 0.1) is 6.61 Å². The molecule has 0 bridgehead atoms. The van der Waals surface area contributed by atoms with Crippen molar-refractivity contribution >= 4 is 11.6 Å². The largest absolute Gasteiger partial charge is 0.384 e. The minimum atomic E-state index is 0.521. The second-order valence-corrected chi connectivity index (χ2v) is 4.05. The smallest absolute Gasteiger partial charge is 0.128 e. The summed E-state index contributed by atoms with van der Waals surface area (Å²) in [6.07, 6.45) is 0. The van der Waals surface area contributed by atoms with Crippen LogP contribution in [0.1, 0.15) is 11.1 Å². The fourth-order valence-electron chi connectivity index (χ4n) is 1.74. The van der Waals surface area contributed by atoms with E-state index in [0.717, 1.165) is 11.4 Å². The molecule has 1 aromatic heterocycles. The van der Waals surface area contributed by atoms with Crippen molar-refractivity contribution in [3.05, 3.63) is 53.6 Å². The van der Waals surface area contributed by atoms with Gasteiger partial charge in [-0.1, -0.05) is 30.3 Å². The van der Waals surface area contributed by atoms with Crippen LogP contribution in [0.3, 0.4) is 0 Å². The van der Waals surface area contributed by atoms with Gasteiger partial charge in [-0.25, -0.2) is 4.98 Å². The number of aromatic nitrogens is 1. The first-order chi connectivity index (χ1) is 8.78. The summed E-state index contributed by atoms with van der Waals surface area (Å²) < 4.78 is 5.11. The summed E-state index contributed by atoms with van der Waals surface area (Å²) in [4.78, 5) is 4.19. The number of nitrogens with zero attached hydrogens (tertiary/aromatic N) is 1. The highest BCUT2D eigenvalue weighted by Crippen LogP contribution is 2.10. The van der Waals surface area contributed by atoms with Gasteiger partial charge in [-0.2, -0.15) is 0 Å². The summed E-state index contributed by atoms with van der Waals surface area (Å²) in [6, 6.07) is 13.8. The molecule has 0 spiro atoms. The zero-order valence-corrected chi connectivity index (χ0v) is 10.4. The standard InChI is InChI=1S/C14H17N3O/c1-18-10-12-5-2-4-11(8-12)9-16-14-7-3-6-13(15)17-14/h2-8H,9-10H2,1H3,(H3,15,16,17). The fourth-order valence-corrected chi connectivity index (χ4v) is 1.74. The number of ether oxygens (including phenoxy) is 1. The van der Waals surface area contributed by atoms with Crippen LogP contribution in [0.2, 0.25) is 0 Å². The van der Waals surface area contributed by atoms with E-state index in [-0.39, 0.29) is 0 Å². The van der Waals surface area contributed by atoms with E-state index < -0.39 is 0 Å². The highest BCUT2D eigenvalue weighted by Gasteiger charge is 1.98. The molecule has 18 heavy (non-hydrogen) atoms. The Hall–Kier alpha value is -2.07.